The van der Waals surface area contributed by atoms with Crippen molar-refractivity contribution < 1.29 is 9.53 Å². The first kappa shape index (κ1) is 18.5. The van der Waals surface area contributed by atoms with E-state index in [9.17, 15) is 4.79 Å². The number of amides is 1. The van der Waals surface area contributed by atoms with Crippen LogP contribution in [0.5, 0.6) is 5.75 Å². The van der Waals surface area contributed by atoms with E-state index in [-0.39, 0.29) is 5.91 Å². The van der Waals surface area contributed by atoms with Gasteiger partial charge in [0.05, 0.1) is 6.54 Å². The second kappa shape index (κ2) is 8.85. The van der Waals surface area contributed by atoms with Gasteiger partial charge in [0.1, 0.15) is 12.4 Å². The van der Waals surface area contributed by atoms with E-state index < -0.39 is 0 Å². The molecule has 0 spiro atoms. The summed E-state index contributed by atoms with van der Waals surface area (Å²) < 4.78 is 6.71. The molecule has 2 rings (SSSR count). The molecular weight excluding hydrogens is 368 g/mol. The minimum Gasteiger partial charge on any atom is -0.492 e. The molecule has 4 nitrogen and oxygen atoms in total. The van der Waals surface area contributed by atoms with Crippen LogP contribution >= 0.6 is 15.9 Å². The largest absolute Gasteiger partial charge is 0.492 e. The van der Waals surface area contributed by atoms with Gasteiger partial charge in [-0.1, -0.05) is 28.1 Å². The van der Waals surface area contributed by atoms with Crippen molar-refractivity contribution in [1.82, 2.24) is 4.90 Å². The Bertz CT molecular complexity index is 704. The number of halogens is 1. The van der Waals surface area contributed by atoms with Gasteiger partial charge in [-0.05, 0) is 62.4 Å². The summed E-state index contributed by atoms with van der Waals surface area (Å²) in [6.07, 6.45) is 0. The maximum Gasteiger partial charge on any atom is 0.238 e. The lowest BCUT2D eigenvalue weighted by Gasteiger charge is -2.17. The van der Waals surface area contributed by atoms with Gasteiger partial charge < -0.3 is 10.1 Å². The van der Waals surface area contributed by atoms with Crippen LogP contribution in [0.3, 0.4) is 0 Å². The van der Waals surface area contributed by atoms with Crippen LogP contribution in [-0.2, 0) is 4.79 Å². The molecule has 128 valence electrons. The number of carbonyl (C=O) groups excluding carboxylic acids is 1. The van der Waals surface area contributed by atoms with Gasteiger partial charge in [0, 0.05) is 16.7 Å². The van der Waals surface area contributed by atoms with Gasteiger partial charge in [-0.2, -0.15) is 0 Å². The van der Waals surface area contributed by atoms with Crippen LogP contribution in [0.4, 0.5) is 5.69 Å². The summed E-state index contributed by atoms with van der Waals surface area (Å²) in [5.41, 5.74) is 3.04. The first-order chi connectivity index (χ1) is 11.4. The predicted octanol–water partition coefficient (Wildman–Crippen LogP) is 4.02. The maximum atomic E-state index is 12.1. The van der Waals surface area contributed by atoms with E-state index in [1.807, 2.05) is 68.3 Å². The molecule has 0 heterocycles. The zero-order valence-electron chi connectivity index (χ0n) is 14.3. The Labute approximate surface area is 151 Å². The van der Waals surface area contributed by atoms with Crippen LogP contribution in [0.1, 0.15) is 11.1 Å². The molecule has 0 aliphatic rings. The van der Waals surface area contributed by atoms with Crippen molar-refractivity contribution in [2.24, 2.45) is 0 Å². The van der Waals surface area contributed by atoms with Crippen molar-refractivity contribution >= 4 is 27.5 Å². The third-order valence-electron chi connectivity index (χ3n) is 3.61. The van der Waals surface area contributed by atoms with Crippen molar-refractivity contribution in [3.8, 4) is 5.75 Å². The van der Waals surface area contributed by atoms with Crippen molar-refractivity contribution in [3.63, 3.8) is 0 Å². The lowest BCUT2D eigenvalue weighted by Crippen LogP contribution is -2.33. The number of anilines is 1. The number of nitrogens with zero attached hydrogens (tertiary/aromatic N) is 1. The Kier molecular flexibility index (Phi) is 6.82. The van der Waals surface area contributed by atoms with Gasteiger partial charge in [0.15, 0.2) is 0 Å². The number of hydrogen-bond acceptors (Lipinski definition) is 3. The summed E-state index contributed by atoms with van der Waals surface area (Å²) in [4.78, 5) is 14.1. The average molecular weight is 391 g/mol. The van der Waals surface area contributed by atoms with E-state index in [0.29, 0.717) is 19.7 Å². The lowest BCUT2D eigenvalue weighted by atomic mass is 10.2. The zero-order chi connectivity index (χ0) is 17.5. The van der Waals surface area contributed by atoms with Crippen molar-refractivity contribution in [2.75, 3.05) is 32.1 Å². The van der Waals surface area contributed by atoms with Crippen molar-refractivity contribution in [3.05, 3.63) is 58.1 Å². The Morgan fingerprint density at radius 2 is 2.00 bits per heavy atom. The topological polar surface area (TPSA) is 41.6 Å². The maximum absolute atomic E-state index is 12.1. The third kappa shape index (κ3) is 5.98. The Morgan fingerprint density at radius 3 is 2.71 bits per heavy atom. The van der Waals surface area contributed by atoms with Crippen LogP contribution in [0.25, 0.3) is 0 Å². The van der Waals surface area contributed by atoms with Crippen LogP contribution in [0.15, 0.2) is 46.9 Å². The Hall–Kier alpha value is -1.85. The van der Waals surface area contributed by atoms with E-state index in [4.69, 9.17) is 4.74 Å². The van der Waals surface area contributed by atoms with Crippen molar-refractivity contribution in [1.29, 1.82) is 0 Å². The molecule has 0 saturated heterocycles. The zero-order valence-corrected chi connectivity index (χ0v) is 15.9. The Morgan fingerprint density at radius 1 is 1.21 bits per heavy atom. The second-order valence-electron chi connectivity index (χ2n) is 5.91. The lowest BCUT2D eigenvalue weighted by molar-refractivity contribution is -0.117. The van der Waals surface area contributed by atoms with E-state index in [0.717, 1.165) is 21.5 Å². The van der Waals surface area contributed by atoms with E-state index in [1.54, 1.807) is 0 Å². The summed E-state index contributed by atoms with van der Waals surface area (Å²) >= 11 is 3.42. The third-order valence-corrected chi connectivity index (χ3v) is 4.10. The number of ether oxygens (including phenoxy) is 1. The molecule has 0 aliphatic carbocycles. The molecule has 0 fully saturated rings. The number of hydrogen-bond donors (Lipinski definition) is 1. The number of likely N-dealkylation sites (N-methyl/N-ethyl adjacent to an activating group) is 1. The standard InChI is InChI=1S/C19H23BrN2O2/c1-14-5-4-6-17(11-14)24-10-9-22(3)13-19(23)21-18-8-7-16(20)12-15(18)2/h4-8,11-12H,9-10,13H2,1-3H3,(H,21,23). The summed E-state index contributed by atoms with van der Waals surface area (Å²) in [7, 11) is 1.91. The highest BCUT2D eigenvalue weighted by atomic mass is 79.9. The van der Waals surface area contributed by atoms with Gasteiger partial charge in [0.2, 0.25) is 5.91 Å². The fourth-order valence-corrected chi connectivity index (χ4v) is 2.78. The quantitative estimate of drug-likeness (QED) is 0.776. The summed E-state index contributed by atoms with van der Waals surface area (Å²) in [6.45, 7) is 5.56. The first-order valence-electron chi connectivity index (χ1n) is 7.88. The molecule has 0 aromatic heterocycles. The van der Waals surface area contributed by atoms with Gasteiger partial charge >= 0.3 is 0 Å². The predicted molar refractivity (Wildman–Crippen MR) is 102 cm³/mol. The SMILES string of the molecule is Cc1cccc(OCCN(C)CC(=O)Nc2ccc(Br)cc2C)c1. The van der Waals surface area contributed by atoms with Crippen LogP contribution < -0.4 is 10.1 Å². The molecule has 5 heteroatoms. The first-order valence-corrected chi connectivity index (χ1v) is 8.67. The monoisotopic (exact) mass is 390 g/mol. The highest BCUT2D eigenvalue weighted by molar-refractivity contribution is 9.10. The molecule has 0 aliphatic heterocycles. The molecule has 1 amide bonds. The van der Waals surface area contributed by atoms with E-state index >= 15 is 0 Å². The van der Waals surface area contributed by atoms with E-state index in [1.165, 1.54) is 5.56 Å². The number of benzene rings is 2. The summed E-state index contributed by atoms with van der Waals surface area (Å²) in [6, 6.07) is 13.8. The molecule has 2 aromatic carbocycles. The minimum atomic E-state index is -0.0292. The summed E-state index contributed by atoms with van der Waals surface area (Å²) in [5.74, 6) is 0.830. The number of nitrogens with one attached hydrogen (secondary N) is 1. The molecule has 0 atom stereocenters. The van der Waals surface area contributed by atoms with Gasteiger partial charge in [-0.15, -0.1) is 0 Å². The second-order valence-corrected chi connectivity index (χ2v) is 6.83. The fraction of sp³-hybridized carbons (Fsp3) is 0.316. The highest BCUT2D eigenvalue weighted by Crippen LogP contribution is 2.19. The highest BCUT2D eigenvalue weighted by Gasteiger charge is 2.08. The van der Waals surface area contributed by atoms with Crippen molar-refractivity contribution in [2.45, 2.75) is 13.8 Å². The van der Waals surface area contributed by atoms with Gasteiger partial charge in [-0.3, -0.25) is 9.69 Å². The van der Waals surface area contributed by atoms with Crippen LogP contribution in [0, 0.1) is 13.8 Å². The molecular formula is C19H23BrN2O2. The van der Waals surface area contributed by atoms with Gasteiger partial charge in [0.25, 0.3) is 0 Å². The normalized spacial score (nSPS) is 10.7. The fourth-order valence-electron chi connectivity index (χ4n) is 2.31. The van der Waals surface area contributed by atoms with E-state index in [2.05, 4.69) is 21.2 Å². The molecule has 2 aromatic rings. The molecule has 0 radical (unpaired) electrons. The van der Waals surface area contributed by atoms with Gasteiger partial charge in [-0.25, -0.2) is 0 Å². The smallest absolute Gasteiger partial charge is 0.238 e. The number of carbonyl (C=O) groups is 1. The minimum absolute atomic E-state index is 0.0292. The average Bonchev–Trinajstić information content (AvgIpc) is 2.50. The molecule has 0 unspecified atom stereocenters. The van der Waals surface area contributed by atoms with Crippen LogP contribution in [0.2, 0.25) is 0 Å². The molecule has 24 heavy (non-hydrogen) atoms. The number of aryl methyl sites for hydroxylation is 2. The number of rotatable bonds is 7. The Balaban J connectivity index is 1.75. The molecule has 0 bridgehead atoms. The molecule has 1 N–H and O–H groups in total. The van der Waals surface area contributed by atoms with Crippen LogP contribution in [-0.4, -0.2) is 37.6 Å². The summed E-state index contributed by atoms with van der Waals surface area (Å²) in [5, 5.41) is 2.94. The molecule has 0 saturated carbocycles.